The molecule has 0 atom stereocenters. The van der Waals surface area contributed by atoms with E-state index in [2.05, 4.69) is 10.3 Å². The van der Waals surface area contributed by atoms with E-state index in [0.29, 0.717) is 12.1 Å². The van der Waals surface area contributed by atoms with Crippen LogP contribution in [0, 0.1) is 0 Å². The molecule has 0 unspecified atom stereocenters. The van der Waals surface area contributed by atoms with Crippen LogP contribution in [0.3, 0.4) is 0 Å². The fourth-order valence-corrected chi connectivity index (χ4v) is 3.38. The molecular weight excluding hydrogens is 342 g/mol. The van der Waals surface area contributed by atoms with Crippen LogP contribution in [0.15, 0.2) is 29.8 Å². The summed E-state index contributed by atoms with van der Waals surface area (Å²) in [5.74, 6) is -1.48. The molecule has 0 saturated carbocycles. The maximum atomic E-state index is 11.6. The van der Waals surface area contributed by atoms with Gasteiger partial charge in [-0.15, -0.1) is 11.3 Å². The zero-order valence-corrected chi connectivity index (χ0v) is 13.6. The minimum Gasteiger partial charge on any atom is -0.476 e. The lowest BCUT2D eigenvalue weighted by Crippen LogP contribution is -2.16. The molecule has 2 N–H and O–H groups in total. The largest absolute Gasteiger partial charge is 0.476 e. The lowest BCUT2D eigenvalue weighted by Gasteiger charge is -2.16. The predicted octanol–water partition coefficient (Wildman–Crippen LogP) is 1.85. The van der Waals surface area contributed by atoms with Gasteiger partial charge < -0.3 is 10.4 Å². The molecule has 0 aliphatic carbocycles. The predicted molar refractivity (Wildman–Crippen MR) is 86.9 cm³/mol. The second-order valence-corrected chi connectivity index (χ2v) is 6.02. The Balaban J connectivity index is 2.37. The maximum absolute atomic E-state index is 11.6. The Kier molecular flexibility index (Phi) is 5.29. The third-order valence-electron chi connectivity index (χ3n) is 2.82. The lowest BCUT2D eigenvalue weighted by atomic mass is 10.2. The van der Waals surface area contributed by atoms with Crippen molar-refractivity contribution in [3.8, 4) is 0 Å². The third-order valence-corrected chi connectivity index (χ3v) is 4.53. The summed E-state index contributed by atoms with van der Waals surface area (Å²) in [6.45, 7) is 1.71. The molecular formula is C13H13N3O5S2. The highest BCUT2D eigenvalue weighted by Crippen LogP contribution is 2.32. The Labute approximate surface area is 137 Å². The number of carboxylic acids is 1. The number of carboxylic acid groups (broad SMARTS) is 1. The van der Waals surface area contributed by atoms with Crippen LogP contribution in [0.2, 0.25) is 0 Å². The molecule has 1 aromatic heterocycles. The fourth-order valence-electron chi connectivity index (χ4n) is 1.76. The smallest absolute Gasteiger partial charge is 0.357 e. The summed E-state index contributed by atoms with van der Waals surface area (Å²) in [7, 11) is -3.11. The van der Waals surface area contributed by atoms with E-state index in [1.54, 1.807) is 6.92 Å². The van der Waals surface area contributed by atoms with E-state index >= 15 is 0 Å². The van der Waals surface area contributed by atoms with Crippen LogP contribution in [-0.2, 0) is 15.7 Å². The van der Waals surface area contributed by atoms with Crippen molar-refractivity contribution in [3.05, 3.63) is 35.5 Å². The van der Waals surface area contributed by atoms with Gasteiger partial charge in [-0.3, -0.25) is 4.79 Å². The van der Waals surface area contributed by atoms with Gasteiger partial charge in [-0.2, -0.15) is 0 Å². The molecule has 0 radical (unpaired) electrons. The fraction of sp³-hybridized carbons (Fsp3) is 0.154. The molecule has 0 bridgehead atoms. The molecule has 0 aliphatic rings. The van der Waals surface area contributed by atoms with E-state index in [1.165, 1.54) is 29.8 Å². The summed E-state index contributed by atoms with van der Waals surface area (Å²) in [5, 5.41) is 11.7. The quantitative estimate of drug-likeness (QED) is 0.681. The highest BCUT2D eigenvalue weighted by Gasteiger charge is 2.22. The van der Waals surface area contributed by atoms with Gasteiger partial charge in [0, 0.05) is 12.1 Å². The molecule has 0 spiro atoms. The Hall–Kier alpha value is -2.46. The van der Waals surface area contributed by atoms with Crippen LogP contribution in [0.4, 0.5) is 16.4 Å². The Morgan fingerprint density at radius 2 is 1.96 bits per heavy atom. The highest BCUT2D eigenvalue weighted by molar-refractivity contribution is 7.74. The average molecular weight is 355 g/mol. The van der Waals surface area contributed by atoms with Gasteiger partial charge in [0.25, 0.3) is 0 Å². The van der Waals surface area contributed by atoms with E-state index < -0.39 is 16.9 Å². The number of thiazole rings is 1. The minimum atomic E-state index is -3.11. The van der Waals surface area contributed by atoms with Gasteiger partial charge in [0.05, 0.1) is 11.2 Å². The summed E-state index contributed by atoms with van der Waals surface area (Å²) in [6, 6.07) is 6.02. The number of aromatic nitrogens is 1. The molecule has 122 valence electrons. The number of hydrogen-bond acceptors (Lipinski definition) is 6. The van der Waals surface area contributed by atoms with Crippen LogP contribution in [0.5, 0.6) is 0 Å². The Bertz CT molecular complexity index is 790. The van der Waals surface area contributed by atoms with Gasteiger partial charge in [0.15, 0.2) is 5.69 Å². The number of aromatic carboxylic acids is 1. The zero-order chi connectivity index (χ0) is 17.0. The maximum Gasteiger partial charge on any atom is 0.357 e. The number of hydrogen-bond donors (Lipinski definition) is 3. The number of carbonyl (C=O) groups excluding carboxylic acids is 1. The standard InChI is InChI=1S/C13H13N3O5S2/c1-2-10(17)15-8-3-5-9(6-4-8)16(23(20)21)12-11(13(18)19)14-7-22-12/h3-7,23H,2H2,1H3,(H,15,17)(H,18,19). The molecule has 0 fully saturated rings. The lowest BCUT2D eigenvalue weighted by molar-refractivity contribution is -0.115. The van der Waals surface area contributed by atoms with E-state index in [4.69, 9.17) is 5.11 Å². The molecule has 1 aromatic carbocycles. The van der Waals surface area contributed by atoms with E-state index in [9.17, 15) is 18.0 Å². The van der Waals surface area contributed by atoms with Gasteiger partial charge in [0.1, 0.15) is 5.00 Å². The number of amides is 1. The van der Waals surface area contributed by atoms with Gasteiger partial charge in [-0.05, 0) is 24.3 Å². The molecule has 8 nitrogen and oxygen atoms in total. The van der Waals surface area contributed by atoms with Crippen molar-refractivity contribution in [2.45, 2.75) is 13.3 Å². The minimum absolute atomic E-state index is 0.000968. The first-order chi connectivity index (χ1) is 10.9. The SMILES string of the molecule is CCC(=O)Nc1ccc(N(c2scnc2C(=O)O)[SH](=O)=O)cc1. The molecule has 2 aromatic rings. The second kappa shape index (κ2) is 7.20. The summed E-state index contributed by atoms with van der Waals surface area (Å²) >= 11 is 0.908. The molecule has 0 aliphatic heterocycles. The number of carbonyl (C=O) groups is 2. The number of benzene rings is 1. The van der Waals surface area contributed by atoms with Crippen molar-refractivity contribution in [3.63, 3.8) is 0 Å². The van der Waals surface area contributed by atoms with Gasteiger partial charge in [-0.1, -0.05) is 6.92 Å². The number of rotatable bonds is 6. The van der Waals surface area contributed by atoms with Gasteiger partial charge >= 0.3 is 5.97 Å². The topological polar surface area (TPSA) is 117 Å². The highest BCUT2D eigenvalue weighted by atomic mass is 32.2. The Morgan fingerprint density at radius 1 is 1.30 bits per heavy atom. The third kappa shape index (κ3) is 3.85. The van der Waals surface area contributed by atoms with Crippen LogP contribution in [0.25, 0.3) is 0 Å². The van der Waals surface area contributed by atoms with Gasteiger partial charge in [-0.25, -0.2) is 22.5 Å². The molecule has 1 amide bonds. The van der Waals surface area contributed by atoms with Crippen molar-refractivity contribution in [2.24, 2.45) is 0 Å². The van der Waals surface area contributed by atoms with Gasteiger partial charge in [0.2, 0.25) is 16.8 Å². The van der Waals surface area contributed by atoms with Crippen LogP contribution in [-0.4, -0.2) is 30.4 Å². The number of thiol groups is 1. The molecule has 2 rings (SSSR count). The number of anilines is 3. The first-order valence-electron chi connectivity index (χ1n) is 6.45. The summed E-state index contributed by atoms with van der Waals surface area (Å²) in [6.07, 6.45) is 0.323. The first kappa shape index (κ1) is 16.9. The monoisotopic (exact) mass is 355 g/mol. The summed E-state index contributed by atoms with van der Waals surface area (Å²) in [5.41, 5.74) is 1.70. The van der Waals surface area contributed by atoms with E-state index in [0.717, 1.165) is 15.6 Å². The summed E-state index contributed by atoms with van der Waals surface area (Å²) < 4.78 is 24.0. The van der Waals surface area contributed by atoms with E-state index in [1.807, 2.05) is 0 Å². The average Bonchev–Trinajstić information content (AvgIpc) is 2.98. The first-order valence-corrected chi connectivity index (χ1v) is 8.46. The normalized spacial score (nSPS) is 10.5. The van der Waals surface area contributed by atoms with Crippen molar-refractivity contribution in [1.29, 1.82) is 0 Å². The van der Waals surface area contributed by atoms with Crippen molar-refractivity contribution in [2.75, 3.05) is 9.62 Å². The van der Waals surface area contributed by atoms with Crippen molar-refractivity contribution < 1.29 is 23.1 Å². The van der Waals surface area contributed by atoms with Crippen molar-refractivity contribution in [1.82, 2.24) is 4.98 Å². The molecule has 23 heavy (non-hydrogen) atoms. The van der Waals surface area contributed by atoms with Crippen LogP contribution in [0.1, 0.15) is 23.8 Å². The number of nitrogens with zero attached hydrogens (tertiary/aromatic N) is 2. The molecule has 0 saturated heterocycles. The van der Waals surface area contributed by atoms with Crippen molar-refractivity contribution >= 4 is 50.5 Å². The number of nitrogens with one attached hydrogen (secondary N) is 1. The van der Waals surface area contributed by atoms with Crippen LogP contribution < -0.4 is 9.62 Å². The molecule has 1 heterocycles. The zero-order valence-electron chi connectivity index (χ0n) is 11.9. The van der Waals surface area contributed by atoms with Crippen LogP contribution >= 0.6 is 11.3 Å². The molecule has 10 heteroatoms. The second-order valence-electron chi connectivity index (χ2n) is 4.31. The van der Waals surface area contributed by atoms with E-state index in [-0.39, 0.29) is 22.3 Å². The summed E-state index contributed by atoms with van der Waals surface area (Å²) in [4.78, 5) is 26.1. The Morgan fingerprint density at radius 3 is 2.48 bits per heavy atom.